The Morgan fingerprint density at radius 1 is 1.08 bits per heavy atom. The van der Waals surface area contributed by atoms with Gasteiger partial charge in [-0.1, -0.05) is 23.7 Å². The van der Waals surface area contributed by atoms with Crippen molar-refractivity contribution < 1.29 is 9.53 Å². The van der Waals surface area contributed by atoms with Gasteiger partial charge in [0.05, 0.1) is 30.3 Å². The number of aromatic nitrogens is 2. The molecule has 0 bridgehead atoms. The number of hydrogen-bond donors (Lipinski definition) is 0. The second kappa shape index (κ2) is 6.37. The molecule has 0 unspecified atom stereocenters. The SMILES string of the molecule is COc1ccc([C@H]2CC(=O)c3cnn(-c4ccc(Cl)cc4)c3C2)cc1. The number of carbonyl (C=O) groups is 1. The zero-order valence-corrected chi connectivity index (χ0v) is 14.5. The van der Waals surface area contributed by atoms with Gasteiger partial charge in [0.2, 0.25) is 0 Å². The second-order valence-electron chi connectivity index (χ2n) is 6.19. The fourth-order valence-corrected chi connectivity index (χ4v) is 3.48. The van der Waals surface area contributed by atoms with Crippen LogP contribution in [0.1, 0.15) is 34.0 Å². The van der Waals surface area contributed by atoms with Crippen LogP contribution in [-0.2, 0) is 6.42 Å². The third kappa shape index (κ3) is 2.94. The first-order valence-electron chi connectivity index (χ1n) is 8.15. The highest BCUT2D eigenvalue weighted by Crippen LogP contribution is 2.34. The molecular weight excluding hydrogens is 336 g/mol. The predicted octanol–water partition coefficient (Wildman–Crippen LogP) is 4.45. The average Bonchev–Trinajstić information content (AvgIpc) is 3.07. The highest BCUT2D eigenvalue weighted by Gasteiger charge is 2.30. The van der Waals surface area contributed by atoms with Gasteiger partial charge < -0.3 is 4.74 Å². The smallest absolute Gasteiger partial charge is 0.166 e. The molecule has 1 heterocycles. The first kappa shape index (κ1) is 15.9. The van der Waals surface area contributed by atoms with Crippen LogP contribution in [0.25, 0.3) is 5.69 Å². The van der Waals surface area contributed by atoms with E-state index in [9.17, 15) is 4.79 Å². The van der Waals surface area contributed by atoms with E-state index in [-0.39, 0.29) is 11.7 Å². The number of ketones is 1. The number of hydrogen-bond acceptors (Lipinski definition) is 3. The van der Waals surface area contributed by atoms with E-state index in [4.69, 9.17) is 16.3 Å². The number of Topliss-reactive ketones (excluding diaryl/α,β-unsaturated/α-hetero) is 1. The minimum Gasteiger partial charge on any atom is -0.497 e. The van der Waals surface area contributed by atoms with Crippen LogP contribution in [0.15, 0.2) is 54.7 Å². The molecule has 4 rings (SSSR count). The molecule has 0 aliphatic heterocycles. The summed E-state index contributed by atoms with van der Waals surface area (Å²) in [5.74, 6) is 1.11. The minimum atomic E-state index is 0.141. The van der Waals surface area contributed by atoms with Crippen LogP contribution in [0.3, 0.4) is 0 Å². The highest BCUT2D eigenvalue weighted by molar-refractivity contribution is 6.30. The normalized spacial score (nSPS) is 16.6. The topological polar surface area (TPSA) is 44.1 Å². The molecule has 0 spiro atoms. The largest absolute Gasteiger partial charge is 0.497 e. The number of ether oxygens (including phenoxy) is 1. The second-order valence-corrected chi connectivity index (χ2v) is 6.63. The van der Waals surface area contributed by atoms with Crippen LogP contribution >= 0.6 is 11.6 Å². The van der Waals surface area contributed by atoms with E-state index in [0.29, 0.717) is 11.4 Å². The van der Waals surface area contributed by atoms with Gasteiger partial charge >= 0.3 is 0 Å². The van der Waals surface area contributed by atoms with Gasteiger partial charge in [0.25, 0.3) is 0 Å². The van der Waals surface area contributed by atoms with E-state index < -0.39 is 0 Å². The third-order valence-electron chi connectivity index (χ3n) is 4.70. The number of rotatable bonds is 3. The molecule has 25 heavy (non-hydrogen) atoms. The van der Waals surface area contributed by atoms with E-state index in [1.807, 2.05) is 53.2 Å². The van der Waals surface area contributed by atoms with Gasteiger partial charge in [0.15, 0.2) is 5.78 Å². The van der Waals surface area contributed by atoms with Crippen molar-refractivity contribution in [3.05, 3.63) is 76.6 Å². The van der Waals surface area contributed by atoms with E-state index in [1.165, 1.54) is 0 Å². The summed E-state index contributed by atoms with van der Waals surface area (Å²) in [4.78, 5) is 12.6. The fraction of sp³-hybridized carbons (Fsp3) is 0.200. The average molecular weight is 353 g/mol. The van der Waals surface area contributed by atoms with Crippen LogP contribution in [0, 0.1) is 0 Å². The van der Waals surface area contributed by atoms with E-state index in [0.717, 1.165) is 34.7 Å². The molecule has 1 aromatic heterocycles. The molecule has 4 nitrogen and oxygen atoms in total. The lowest BCUT2D eigenvalue weighted by Gasteiger charge is -2.23. The third-order valence-corrected chi connectivity index (χ3v) is 4.95. The highest BCUT2D eigenvalue weighted by atomic mass is 35.5. The number of fused-ring (bicyclic) bond motifs is 1. The molecule has 2 aromatic carbocycles. The van der Waals surface area contributed by atoms with Gasteiger partial charge in [0.1, 0.15) is 5.75 Å². The quantitative estimate of drug-likeness (QED) is 0.699. The molecule has 0 amide bonds. The summed E-state index contributed by atoms with van der Waals surface area (Å²) in [7, 11) is 1.65. The van der Waals surface area contributed by atoms with Gasteiger partial charge in [-0.25, -0.2) is 4.68 Å². The molecule has 0 fully saturated rings. The van der Waals surface area contributed by atoms with Crippen molar-refractivity contribution >= 4 is 17.4 Å². The van der Waals surface area contributed by atoms with E-state index >= 15 is 0 Å². The summed E-state index contributed by atoms with van der Waals surface area (Å²) in [6, 6.07) is 15.4. The lowest BCUT2D eigenvalue weighted by Crippen LogP contribution is -2.20. The molecule has 5 heteroatoms. The summed E-state index contributed by atoms with van der Waals surface area (Å²) in [6.07, 6.45) is 2.96. The molecule has 0 saturated carbocycles. The Balaban J connectivity index is 1.70. The van der Waals surface area contributed by atoms with Crippen molar-refractivity contribution in [1.82, 2.24) is 9.78 Å². The fourth-order valence-electron chi connectivity index (χ4n) is 3.36. The molecule has 1 atom stereocenters. The molecule has 0 radical (unpaired) electrons. The lowest BCUT2D eigenvalue weighted by molar-refractivity contribution is 0.0964. The van der Waals surface area contributed by atoms with Crippen LogP contribution in [0.5, 0.6) is 5.75 Å². The number of benzene rings is 2. The first-order chi connectivity index (χ1) is 12.2. The Kier molecular flexibility index (Phi) is 4.06. The van der Waals surface area contributed by atoms with Gasteiger partial charge in [-0.3, -0.25) is 4.79 Å². The van der Waals surface area contributed by atoms with Crippen LogP contribution in [0.2, 0.25) is 5.02 Å². The van der Waals surface area contributed by atoms with Crippen molar-refractivity contribution in [2.24, 2.45) is 0 Å². The molecular formula is C20H17ClN2O2. The summed E-state index contributed by atoms with van der Waals surface area (Å²) in [5.41, 5.74) is 3.73. The molecule has 3 aromatic rings. The Labute approximate surface area is 151 Å². The summed E-state index contributed by atoms with van der Waals surface area (Å²) in [6.45, 7) is 0. The number of carbonyl (C=O) groups excluding carboxylic acids is 1. The summed E-state index contributed by atoms with van der Waals surface area (Å²) >= 11 is 5.97. The maximum atomic E-state index is 12.6. The molecule has 1 aliphatic carbocycles. The first-order valence-corrected chi connectivity index (χ1v) is 8.53. The van der Waals surface area contributed by atoms with Crippen LogP contribution in [0.4, 0.5) is 0 Å². The van der Waals surface area contributed by atoms with Crippen molar-refractivity contribution in [1.29, 1.82) is 0 Å². The van der Waals surface area contributed by atoms with Crippen molar-refractivity contribution in [3.63, 3.8) is 0 Å². The van der Waals surface area contributed by atoms with Crippen molar-refractivity contribution in [2.45, 2.75) is 18.8 Å². The lowest BCUT2D eigenvalue weighted by atomic mass is 9.82. The monoisotopic (exact) mass is 352 g/mol. The number of nitrogens with zero attached hydrogens (tertiary/aromatic N) is 2. The summed E-state index contributed by atoms with van der Waals surface area (Å²) in [5, 5.41) is 5.11. The molecule has 0 saturated heterocycles. The number of methoxy groups -OCH3 is 1. The Hall–Kier alpha value is -2.59. The van der Waals surface area contributed by atoms with Gasteiger partial charge in [-0.15, -0.1) is 0 Å². The van der Waals surface area contributed by atoms with E-state index in [1.54, 1.807) is 13.3 Å². The van der Waals surface area contributed by atoms with Crippen LogP contribution in [-0.4, -0.2) is 22.7 Å². The van der Waals surface area contributed by atoms with Crippen LogP contribution < -0.4 is 4.74 Å². The van der Waals surface area contributed by atoms with Crippen molar-refractivity contribution in [3.8, 4) is 11.4 Å². The Morgan fingerprint density at radius 2 is 1.80 bits per heavy atom. The Morgan fingerprint density at radius 3 is 2.48 bits per heavy atom. The number of halogens is 1. The zero-order valence-electron chi connectivity index (χ0n) is 13.8. The molecule has 126 valence electrons. The Bertz CT molecular complexity index is 914. The predicted molar refractivity (Wildman–Crippen MR) is 97.0 cm³/mol. The van der Waals surface area contributed by atoms with Gasteiger partial charge in [0, 0.05) is 11.4 Å². The standard InChI is InChI=1S/C20H17ClN2O2/c1-25-17-8-2-13(3-9-17)14-10-19-18(20(24)11-14)12-22-23(19)16-6-4-15(21)5-7-16/h2-9,12,14H,10-11H2,1H3/t14-/m1/s1. The van der Waals surface area contributed by atoms with Gasteiger partial charge in [-0.05, 0) is 54.3 Å². The maximum Gasteiger partial charge on any atom is 0.166 e. The van der Waals surface area contributed by atoms with Crippen molar-refractivity contribution in [2.75, 3.05) is 7.11 Å². The summed E-state index contributed by atoms with van der Waals surface area (Å²) < 4.78 is 7.06. The molecule has 1 aliphatic rings. The minimum absolute atomic E-state index is 0.141. The molecule has 0 N–H and O–H groups in total. The van der Waals surface area contributed by atoms with E-state index in [2.05, 4.69) is 5.10 Å². The zero-order chi connectivity index (χ0) is 17.4. The van der Waals surface area contributed by atoms with Gasteiger partial charge in [-0.2, -0.15) is 5.10 Å². The maximum absolute atomic E-state index is 12.6.